The summed E-state index contributed by atoms with van der Waals surface area (Å²) in [6.45, 7) is 7.67. The molecule has 4 nitrogen and oxygen atoms in total. The van der Waals surface area contributed by atoms with E-state index in [-0.39, 0.29) is 12.5 Å². The maximum Gasteiger partial charge on any atom is 0.341 e. The Bertz CT molecular complexity index is 709. The van der Waals surface area contributed by atoms with E-state index in [1.54, 1.807) is 6.07 Å². The number of carboxylic acid groups (broad SMARTS) is 1. The molecule has 0 unspecified atom stereocenters. The fourth-order valence-electron chi connectivity index (χ4n) is 2.78. The Hall–Kier alpha value is -2.49. The van der Waals surface area contributed by atoms with Gasteiger partial charge in [0.05, 0.1) is 0 Å². The van der Waals surface area contributed by atoms with Crippen molar-refractivity contribution < 1.29 is 19.7 Å². The van der Waals surface area contributed by atoms with Crippen LogP contribution in [0.4, 0.5) is 0 Å². The third-order valence-corrected chi connectivity index (χ3v) is 3.81. The molecule has 0 saturated carbocycles. The molecule has 2 rings (SSSR count). The molecule has 0 heterocycles. The summed E-state index contributed by atoms with van der Waals surface area (Å²) >= 11 is 0. The number of carbonyl (C=O) groups is 1. The Kier molecular flexibility index (Phi) is 4.94. The molecule has 0 aliphatic carbocycles. The van der Waals surface area contributed by atoms with Gasteiger partial charge in [0.2, 0.25) is 0 Å². The third kappa shape index (κ3) is 3.83. The normalized spacial score (nSPS) is 10.8. The smallest absolute Gasteiger partial charge is 0.341 e. The summed E-state index contributed by atoms with van der Waals surface area (Å²) in [6.07, 6.45) is 0. The second-order valence-electron chi connectivity index (χ2n) is 6.04. The standard InChI is InChI=1S/C19H22O4/c1-11(2)16-9-14(5-6-17(16)20)19-12(3)7-15(8-13(19)4)23-10-18(21)22/h5-9,11,20H,10H2,1-4H3,(H,21,22). The predicted molar refractivity (Wildman–Crippen MR) is 90.2 cm³/mol. The van der Waals surface area contributed by atoms with Crippen LogP contribution in [0.1, 0.15) is 36.5 Å². The van der Waals surface area contributed by atoms with Crippen LogP contribution in [0.5, 0.6) is 11.5 Å². The molecule has 2 aromatic carbocycles. The Morgan fingerprint density at radius 3 is 2.26 bits per heavy atom. The molecule has 0 aliphatic heterocycles. The van der Waals surface area contributed by atoms with Gasteiger partial charge in [0, 0.05) is 0 Å². The van der Waals surface area contributed by atoms with Crippen LogP contribution >= 0.6 is 0 Å². The number of aromatic hydroxyl groups is 1. The fraction of sp³-hybridized carbons (Fsp3) is 0.316. The maximum atomic E-state index is 10.6. The maximum absolute atomic E-state index is 10.6. The molecule has 0 aliphatic rings. The lowest BCUT2D eigenvalue weighted by Crippen LogP contribution is -2.09. The molecular formula is C19H22O4. The first-order chi connectivity index (χ1) is 10.8. The summed E-state index contributed by atoms with van der Waals surface area (Å²) in [4.78, 5) is 10.6. The molecule has 0 atom stereocenters. The number of hydrogen-bond donors (Lipinski definition) is 2. The van der Waals surface area contributed by atoms with Gasteiger partial charge < -0.3 is 14.9 Å². The molecule has 0 bridgehead atoms. The van der Waals surface area contributed by atoms with E-state index < -0.39 is 5.97 Å². The Labute approximate surface area is 136 Å². The average molecular weight is 314 g/mol. The summed E-state index contributed by atoms with van der Waals surface area (Å²) in [7, 11) is 0. The van der Waals surface area contributed by atoms with Gasteiger partial charge in [0.1, 0.15) is 11.5 Å². The van der Waals surface area contributed by atoms with Crippen molar-refractivity contribution in [3.63, 3.8) is 0 Å². The zero-order chi connectivity index (χ0) is 17.1. The van der Waals surface area contributed by atoms with Gasteiger partial charge in [-0.1, -0.05) is 19.9 Å². The fourth-order valence-corrected chi connectivity index (χ4v) is 2.78. The minimum atomic E-state index is -0.996. The quantitative estimate of drug-likeness (QED) is 0.865. The van der Waals surface area contributed by atoms with Gasteiger partial charge in [-0.15, -0.1) is 0 Å². The molecule has 0 radical (unpaired) electrons. The van der Waals surface area contributed by atoms with E-state index >= 15 is 0 Å². The van der Waals surface area contributed by atoms with Gasteiger partial charge in [0.15, 0.2) is 6.61 Å². The minimum absolute atomic E-state index is 0.230. The van der Waals surface area contributed by atoms with Crippen molar-refractivity contribution >= 4 is 5.97 Å². The van der Waals surface area contributed by atoms with Gasteiger partial charge in [-0.2, -0.15) is 0 Å². The molecular weight excluding hydrogens is 292 g/mol. The van der Waals surface area contributed by atoms with Gasteiger partial charge in [0.25, 0.3) is 0 Å². The van der Waals surface area contributed by atoms with E-state index in [0.29, 0.717) is 11.5 Å². The van der Waals surface area contributed by atoms with Crippen LogP contribution in [0.2, 0.25) is 0 Å². The van der Waals surface area contributed by atoms with E-state index in [2.05, 4.69) is 0 Å². The predicted octanol–water partition coefficient (Wildman–Crippen LogP) is 4.26. The highest BCUT2D eigenvalue weighted by atomic mass is 16.5. The zero-order valence-corrected chi connectivity index (χ0v) is 13.9. The van der Waals surface area contributed by atoms with Crippen molar-refractivity contribution in [2.75, 3.05) is 6.61 Å². The number of benzene rings is 2. The van der Waals surface area contributed by atoms with Crippen LogP contribution in [0, 0.1) is 13.8 Å². The van der Waals surface area contributed by atoms with Crippen molar-refractivity contribution in [2.45, 2.75) is 33.6 Å². The zero-order valence-electron chi connectivity index (χ0n) is 13.9. The van der Waals surface area contributed by atoms with E-state index in [9.17, 15) is 9.90 Å². The number of phenolic OH excluding ortho intramolecular Hbond substituents is 1. The third-order valence-electron chi connectivity index (χ3n) is 3.81. The highest BCUT2D eigenvalue weighted by Crippen LogP contribution is 2.35. The number of ether oxygens (including phenoxy) is 1. The van der Waals surface area contributed by atoms with Crippen LogP contribution in [0.3, 0.4) is 0 Å². The largest absolute Gasteiger partial charge is 0.508 e. The molecule has 0 fully saturated rings. The molecule has 23 heavy (non-hydrogen) atoms. The van der Waals surface area contributed by atoms with Crippen molar-refractivity contribution in [3.05, 3.63) is 47.0 Å². The summed E-state index contributed by atoms with van der Waals surface area (Å²) in [5, 5.41) is 18.7. The molecule has 2 aromatic rings. The van der Waals surface area contributed by atoms with Crippen LogP contribution in [0.15, 0.2) is 30.3 Å². The van der Waals surface area contributed by atoms with Crippen molar-refractivity contribution in [3.8, 4) is 22.6 Å². The first-order valence-electron chi connectivity index (χ1n) is 7.58. The summed E-state index contributed by atoms with van der Waals surface area (Å²) in [5.74, 6) is 0.0905. The number of carboxylic acids is 1. The van der Waals surface area contributed by atoms with Crippen LogP contribution < -0.4 is 4.74 Å². The highest BCUT2D eigenvalue weighted by Gasteiger charge is 2.13. The molecule has 0 saturated heterocycles. The van der Waals surface area contributed by atoms with Crippen LogP contribution in [0.25, 0.3) is 11.1 Å². The molecule has 0 spiro atoms. The van der Waals surface area contributed by atoms with Crippen LogP contribution in [-0.4, -0.2) is 22.8 Å². The Morgan fingerprint density at radius 1 is 1.13 bits per heavy atom. The lowest BCUT2D eigenvalue weighted by molar-refractivity contribution is -0.139. The highest BCUT2D eigenvalue weighted by molar-refractivity contribution is 5.74. The summed E-state index contributed by atoms with van der Waals surface area (Å²) < 4.78 is 5.26. The molecule has 2 N–H and O–H groups in total. The Balaban J connectivity index is 2.44. The summed E-state index contributed by atoms with van der Waals surface area (Å²) in [6, 6.07) is 9.31. The number of rotatable bonds is 5. The first-order valence-corrected chi connectivity index (χ1v) is 7.58. The number of hydrogen-bond acceptors (Lipinski definition) is 3. The lowest BCUT2D eigenvalue weighted by atomic mass is 9.91. The minimum Gasteiger partial charge on any atom is -0.508 e. The second kappa shape index (κ2) is 6.73. The summed E-state index contributed by atoms with van der Waals surface area (Å²) in [5.41, 5.74) is 5.03. The number of aliphatic carboxylic acids is 1. The van der Waals surface area contributed by atoms with Gasteiger partial charge in [-0.25, -0.2) is 4.79 Å². The number of aryl methyl sites for hydroxylation is 2. The topological polar surface area (TPSA) is 66.8 Å². The second-order valence-corrected chi connectivity index (χ2v) is 6.04. The molecule has 0 aromatic heterocycles. The van der Waals surface area contributed by atoms with E-state index in [1.807, 2.05) is 52.0 Å². The molecule has 122 valence electrons. The van der Waals surface area contributed by atoms with Gasteiger partial charge in [-0.3, -0.25) is 0 Å². The van der Waals surface area contributed by atoms with E-state index in [1.165, 1.54) is 0 Å². The average Bonchev–Trinajstić information content (AvgIpc) is 2.45. The Morgan fingerprint density at radius 2 is 1.74 bits per heavy atom. The number of phenols is 1. The first kappa shape index (κ1) is 16.9. The monoisotopic (exact) mass is 314 g/mol. The van der Waals surface area contributed by atoms with Gasteiger partial charge >= 0.3 is 5.97 Å². The SMILES string of the molecule is Cc1cc(OCC(=O)O)cc(C)c1-c1ccc(O)c(C(C)C)c1. The lowest BCUT2D eigenvalue weighted by Gasteiger charge is -2.16. The van der Waals surface area contributed by atoms with Gasteiger partial charge in [-0.05, 0) is 71.8 Å². The van der Waals surface area contributed by atoms with E-state index in [0.717, 1.165) is 27.8 Å². The molecule has 0 amide bonds. The molecule has 4 heteroatoms. The van der Waals surface area contributed by atoms with Crippen molar-refractivity contribution in [1.29, 1.82) is 0 Å². The van der Waals surface area contributed by atoms with Crippen molar-refractivity contribution in [2.24, 2.45) is 0 Å². The van der Waals surface area contributed by atoms with Crippen molar-refractivity contribution in [1.82, 2.24) is 0 Å². The van der Waals surface area contributed by atoms with E-state index in [4.69, 9.17) is 9.84 Å². The van der Waals surface area contributed by atoms with Crippen LogP contribution in [-0.2, 0) is 4.79 Å².